The van der Waals surface area contributed by atoms with Gasteiger partial charge in [-0.2, -0.15) is 0 Å². The molecule has 2 bridgehead atoms. The quantitative estimate of drug-likeness (QED) is 0.763. The first-order valence-corrected chi connectivity index (χ1v) is 6.15. The van der Waals surface area contributed by atoms with Gasteiger partial charge in [-0.05, 0) is 44.5 Å². The van der Waals surface area contributed by atoms with Crippen molar-refractivity contribution >= 4 is 12.4 Å². The second-order valence-corrected chi connectivity index (χ2v) is 5.19. The molecule has 0 saturated carbocycles. The summed E-state index contributed by atoms with van der Waals surface area (Å²) in [6.07, 6.45) is 4.31. The van der Waals surface area contributed by atoms with E-state index < -0.39 is 0 Å². The first-order valence-electron chi connectivity index (χ1n) is 6.15. The third-order valence-corrected chi connectivity index (χ3v) is 3.95. The molecule has 3 atom stereocenters. The van der Waals surface area contributed by atoms with E-state index in [1.807, 2.05) is 0 Å². The highest BCUT2D eigenvalue weighted by molar-refractivity contribution is 5.85. The monoisotopic (exact) mass is 253 g/mol. The van der Waals surface area contributed by atoms with E-state index in [9.17, 15) is 0 Å². The molecule has 17 heavy (non-hydrogen) atoms. The van der Waals surface area contributed by atoms with Crippen LogP contribution in [0.2, 0.25) is 0 Å². The lowest BCUT2D eigenvalue weighted by Gasteiger charge is -2.44. The molecular formula is C14H20ClNO. The zero-order chi connectivity index (χ0) is 11.1. The lowest BCUT2D eigenvalue weighted by Crippen LogP contribution is -2.44. The SMILES string of the molecule is CN(C)[C@@H]1CC[C@H]2Cc3ccccc3[C@@H]1O2.Cl. The molecule has 0 radical (unpaired) electrons. The third-order valence-electron chi connectivity index (χ3n) is 3.95. The van der Waals surface area contributed by atoms with Crippen LogP contribution in [0.5, 0.6) is 0 Å². The summed E-state index contributed by atoms with van der Waals surface area (Å²) in [6, 6.07) is 9.31. The summed E-state index contributed by atoms with van der Waals surface area (Å²) in [5.41, 5.74) is 2.91. The highest BCUT2D eigenvalue weighted by atomic mass is 35.5. The van der Waals surface area contributed by atoms with Crippen LogP contribution in [0.4, 0.5) is 0 Å². The average molecular weight is 254 g/mol. The van der Waals surface area contributed by atoms with Crippen LogP contribution in [0.3, 0.4) is 0 Å². The summed E-state index contributed by atoms with van der Waals surface area (Å²) in [4.78, 5) is 2.31. The van der Waals surface area contributed by atoms with Crippen molar-refractivity contribution in [2.75, 3.05) is 14.1 Å². The van der Waals surface area contributed by atoms with Crippen LogP contribution in [0, 0.1) is 0 Å². The molecule has 0 aromatic heterocycles. The summed E-state index contributed by atoms with van der Waals surface area (Å²) < 4.78 is 6.18. The first kappa shape index (κ1) is 12.9. The van der Waals surface area contributed by atoms with Gasteiger partial charge in [-0.1, -0.05) is 24.3 Å². The zero-order valence-corrected chi connectivity index (χ0v) is 11.2. The maximum atomic E-state index is 6.18. The number of nitrogens with zero attached hydrogens (tertiary/aromatic N) is 1. The van der Waals surface area contributed by atoms with Crippen molar-refractivity contribution in [1.29, 1.82) is 0 Å². The summed E-state index contributed by atoms with van der Waals surface area (Å²) >= 11 is 0. The lowest BCUT2D eigenvalue weighted by molar-refractivity contribution is -0.101. The normalized spacial score (nSPS) is 30.6. The molecule has 0 amide bonds. The Bertz CT molecular complexity index is 394. The minimum absolute atomic E-state index is 0. The Labute approximate surface area is 109 Å². The highest BCUT2D eigenvalue weighted by Gasteiger charge is 2.38. The third kappa shape index (κ3) is 2.22. The molecule has 0 spiro atoms. The van der Waals surface area contributed by atoms with E-state index in [2.05, 4.69) is 43.3 Å². The van der Waals surface area contributed by atoms with E-state index in [0.29, 0.717) is 18.2 Å². The van der Waals surface area contributed by atoms with Gasteiger partial charge in [0.1, 0.15) is 0 Å². The number of fused-ring (bicyclic) bond motifs is 4. The van der Waals surface area contributed by atoms with E-state index in [-0.39, 0.29) is 12.4 Å². The van der Waals surface area contributed by atoms with Crippen molar-refractivity contribution < 1.29 is 4.74 Å². The lowest BCUT2D eigenvalue weighted by atomic mass is 9.83. The van der Waals surface area contributed by atoms with Crippen molar-refractivity contribution in [3.8, 4) is 0 Å². The minimum Gasteiger partial charge on any atom is -0.368 e. The van der Waals surface area contributed by atoms with Crippen LogP contribution in [0.25, 0.3) is 0 Å². The largest absolute Gasteiger partial charge is 0.368 e. The molecule has 94 valence electrons. The fourth-order valence-corrected chi connectivity index (χ4v) is 3.08. The van der Waals surface area contributed by atoms with Crippen LogP contribution < -0.4 is 0 Å². The Kier molecular flexibility index (Phi) is 3.76. The average Bonchev–Trinajstić information content (AvgIpc) is 2.29. The van der Waals surface area contributed by atoms with Crippen LogP contribution in [-0.2, 0) is 11.2 Å². The Morgan fingerprint density at radius 2 is 1.94 bits per heavy atom. The Morgan fingerprint density at radius 3 is 2.71 bits per heavy atom. The van der Waals surface area contributed by atoms with Gasteiger partial charge < -0.3 is 9.64 Å². The van der Waals surface area contributed by atoms with Crippen molar-refractivity contribution in [2.45, 2.75) is 37.5 Å². The number of likely N-dealkylation sites (N-methyl/N-ethyl adjacent to an activating group) is 1. The van der Waals surface area contributed by atoms with Gasteiger partial charge in [0, 0.05) is 6.04 Å². The van der Waals surface area contributed by atoms with Gasteiger partial charge in [0.2, 0.25) is 0 Å². The molecule has 2 aliphatic heterocycles. The van der Waals surface area contributed by atoms with Gasteiger partial charge in [-0.3, -0.25) is 0 Å². The van der Waals surface area contributed by atoms with Gasteiger partial charge in [-0.15, -0.1) is 12.4 Å². The second-order valence-electron chi connectivity index (χ2n) is 5.19. The summed E-state index contributed by atoms with van der Waals surface area (Å²) in [5, 5.41) is 0. The maximum absolute atomic E-state index is 6.18. The van der Waals surface area contributed by atoms with Crippen molar-refractivity contribution in [2.24, 2.45) is 0 Å². The molecule has 3 rings (SSSR count). The van der Waals surface area contributed by atoms with Gasteiger partial charge in [0.15, 0.2) is 0 Å². The summed E-state index contributed by atoms with van der Waals surface area (Å²) in [5.74, 6) is 0. The van der Waals surface area contributed by atoms with Crippen molar-refractivity contribution in [1.82, 2.24) is 4.90 Å². The smallest absolute Gasteiger partial charge is 0.0986 e. The molecule has 2 heterocycles. The van der Waals surface area contributed by atoms with E-state index in [0.717, 1.165) is 6.42 Å². The van der Waals surface area contributed by atoms with E-state index in [1.54, 1.807) is 0 Å². The molecule has 3 heteroatoms. The molecular weight excluding hydrogens is 234 g/mol. The molecule has 2 nitrogen and oxygen atoms in total. The number of ether oxygens (including phenoxy) is 1. The van der Waals surface area contributed by atoms with Gasteiger partial charge in [0.05, 0.1) is 12.2 Å². The Hall–Kier alpha value is -0.570. The highest BCUT2D eigenvalue weighted by Crippen LogP contribution is 2.40. The van der Waals surface area contributed by atoms with Crippen molar-refractivity contribution in [3.63, 3.8) is 0 Å². The molecule has 1 saturated heterocycles. The predicted molar refractivity (Wildman–Crippen MR) is 71.7 cm³/mol. The number of hydrogen-bond donors (Lipinski definition) is 0. The molecule has 0 N–H and O–H groups in total. The molecule has 0 unspecified atom stereocenters. The first-order chi connectivity index (χ1) is 7.75. The molecule has 1 aromatic rings. The van der Waals surface area contributed by atoms with Crippen LogP contribution in [-0.4, -0.2) is 31.1 Å². The zero-order valence-electron chi connectivity index (χ0n) is 10.4. The van der Waals surface area contributed by atoms with Gasteiger partial charge in [-0.25, -0.2) is 0 Å². The van der Waals surface area contributed by atoms with Crippen LogP contribution in [0.1, 0.15) is 30.1 Å². The van der Waals surface area contributed by atoms with Crippen LogP contribution >= 0.6 is 12.4 Å². The van der Waals surface area contributed by atoms with E-state index >= 15 is 0 Å². The fraction of sp³-hybridized carbons (Fsp3) is 0.571. The fourth-order valence-electron chi connectivity index (χ4n) is 3.08. The number of halogens is 1. The minimum atomic E-state index is 0. The number of benzene rings is 1. The van der Waals surface area contributed by atoms with Gasteiger partial charge in [0.25, 0.3) is 0 Å². The molecule has 1 aromatic carbocycles. The standard InChI is InChI=1S/C14H19NO.ClH/c1-15(2)13-8-7-11-9-10-5-3-4-6-12(10)14(13)16-11;/h3-6,11,13-14H,7-9H2,1-2H3;1H/t11-,13+,14-;/m0./s1. The van der Waals surface area contributed by atoms with Gasteiger partial charge >= 0.3 is 0 Å². The number of hydrogen-bond acceptors (Lipinski definition) is 2. The molecule has 1 fully saturated rings. The number of rotatable bonds is 1. The molecule has 0 aliphatic carbocycles. The summed E-state index contributed by atoms with van der Waals surface area (Å²) in [7, 11) is 4.32. The Balaban J connectivity index is 0.00000108. The summed E-state index contributed by atoms with van der Waals surface area (Å²) in [6.45, 7) is 0. The topological polar surface area (TPSA) is 12.5 Å². The predicted octanol–water partition coefficient (Wildman–Crippen LogP) is 2.81. The van der Waals surface area contributed by atoms with Crippen LogP contribution in [0.15, 0.2) is 24.3 Å². The maximum Gasteiger partial charge on any atom is 0.0986 e. The molecule has 2 aliphatic rings. The second kappa shape index (κ2) is 4.97. The van der Waals surface area contributed by atoms with E-state index in [1.165, 1.54) is 24.0 Å². The van der Waals surface area contributed by atoms with Crippen molar-refractivity contribution in [3.05, 3.63) is 35.4 Å². The Morgan fingerprint density at radius 1 is 1.18 bits per heavy atom. The van der Waals surface area contributed by atoms with E-state index in [4.69, 9.17) is 4.74 Å².